The maximum Gasteiger partial charge on any atom is 0.303 e. The van der Waals surface area contributed by atoms with Crippen molar-refractivity contribution in [3.05, 3.63) is 35.7 Å². The van der Waals surface area contributed by atoms with Crippen LogP contribution in [0.15, 0.2) is 40.0 Å². The van der Waals surface area contributed by atoms with Gasteiger partial charge in [0, 0.05) is 49.4 Å². The Balaban J connectivity index is 1.77. The van der Waals surface area contributed by atoms with Crippen LogP contribution in [0.25, 0.3) is 10.9 Å². The molecule has 1 amide bonds. The van der Waals surface area contributed by atoms with E-state index in [2.05, 4.69) is 44.0 Å². The Morgan fingerprint density at radius 2 is 2.19 bits per heavy atom. The SMILES string of the molecule is C=N/C(=C\C(=NC)N(CCC)CC1CC1)C(=O)Nc1ccc2n[nH]c(CCC(=O)O)c2c1. The van der Waals surface area contributed by atoms with Gasteiger partial charge in [0.1, 0.15) is 11.5 Å². The highest BCUT2D eigenvalue weighted by atomic mass is 16.4. The second kappa shape index (κ2) is 10.7. The summed E-state index contributed by atoms with van der Waals surface area (Å²) in [6.45, 7) is 7.47. The Morgan fingerprint density at radius 3 is 2.81 bits per heavy atom. The number of amides is 1. The molecule has 1 aromatic heterocycles. The van der Waals surface area contributed by atoms with Crippen LogP contribution >= 0.6 is 0 Å². The molecule has 3 N–H and O–H groups in total. The summed E-state index contributed by atoms with van der Waals surface area (Å²) in [6, 6.07) is 5.29. The lowest BCUT2D eigenvalue weighted by Gasteiger charge is -2.24. The van der Waals surface area contributed by atoms with Crippen molar-refractivity contribution >= 4 is 41.0 Å². The molecule has 1 saturated carbocycles. The number of hydrogen-bond donors (Lipinski definition) is 3. The molecule has 9 heteroatoms. The molecule has 3 rings (SSSR count). The fourth-order valence-corrected chi connectivity index (χ4v) is 3.54. The first kappa shape index (κ1) is 23.2. The number of aryl methyl sites for hydroxylation is 1. The molecule has 1 aliphatic carbocycles. The predicted octanol–water partition coefficient (Wildman–Crippen LogP) is 3.25. The topological polar surface area (TPSA) is 123 Å². The highest BCUT2D eigenvalue weighted by Crippen LogP contribution is 2.30. The molecular formula is C23H30N6O3. The number of rotatable bonds is 11. The standard InChI is InChI=1S/C23H30N6O3/c1-4-11-29(14-15-5-6-15)21(25-3)13-20(24-2)23(32)26-16-7-8-18-17(12-16)19(28-27-18)9-10-22(30)31/h7-8,12-13,15H,2,4-6,9-11,14H2,1,3H3,(H,26,32)(H,27,28)(H,30,31)/b20-13-,25-21?. The van der Waals surface area contributed by atoms with Gasteiger partial charge in [0.25, 0.3) is 5.91 Å². The van der Waals surface area contributed by atoms with Crippen molar-refractivity contribution in [2.45, 2.75) is 39.0 Å². The van der Waals surface area contributed by atoms with Crippen molar-refractivity contribution in [2.75, 3.05) is 25.5 Å². The number of nitrogens with zero attached hydrogens (tertiary/aromatic N) is 4. The number of amidine groups is 1. The molecule has 0 bridgehead atoms. The van der Waals surface area contributed by atoms with Crippen molar-refractivity contribution < 1.29 is 14.7 Å². The number of benzene rings is 1. The number of nitrogens with one attached hydrogen (secondary N) is 2. The second-order valence-electron chi connectivity index (χ2n) is 7.94. The van der Waals surface area contributed by atoms with Crippen molar-refractivity contribution in [3.63, 3.8) is 0 Å². The average molecular weight is 439 g/mol. The van der Waals surface area contributed by atoms with Gasteiger partial charge in [0.05, 0.1) is 11.9 Å². The molecule has 0 atom stereocenters. The van der Waals surface area contributed by atoms with Gasteiger partial charge in [-0.15, -0.1) is 0 Å². The van der Waals surface area contributed by atoms with Crippen LogP contribution in [-0.4, -0.2) is 64.8 Å². The molecule has 1 heterocycles. The number of aliphatic imine (C=N–C) groups is 2. The van der Waals surface area contributed by atoms with Crippen LogP contribution in [0.4, 0.5) is 5.69 Å². The van der Waals surface area contributed by atoms with Crippen LogP contribution in [-0.2, 0) is 16.0 Å². The number of anilines is 1. The third kappa shape index (κ3) is 6.03. The molecule has 0 spiro atoms. The van der Waals surface area contributed by atoms with Gasteiger partial charge in [0.2, 0.25) is 0 Å². The average Bonchev–Trinajstić information content (AvgIpc) is 3.50. The van der Waals surface area contributed by atoms with E-state index in [1.807, 2.05) is 0 Å². The summed E-state index contributed by atoms with van der Waals surface area (Å²) < 4.78 is 0. The van der Waals surface area contributed by atoms with E-state index in [0.717, 1.165) is 30.7 Å². The van der Waals surface area contributed by atoms with Crippen molar-refractivity contribution in [3.8, 4) is 0 Å². The Labute approximate surface area is 187 Å². The van der Waals surface area contributed by atoms with Gasteiger partial charge in [-0.1, -0.05) is 6.92 Å². The highest BCUT2D eigenvalue weighted by molar-refractivity contribution is 6.09. The van der Waals surface area contributed by atoms with Gasteiger partial charge in [-0.3, -0.25) is 24.7 Å². The van der Waals surface area contributed by atoms with Crippen LogP contribution in [0.5, 0.6) is 0 Å². The van der Waals surface area contributed by atoms with Crippen LogP contribution in [0.3, 0.4) is 0 Å². The zero-order valence-corrected chi connectivity index (χ0v) is 18.6. The molecular weight excluding hydrogens is 408 g/mol. The van der Waals surface area contributed by atoms with Gasteiger partial charge in [-0.2, -0.15) is 5.10 Å². The smallest absolute Gasteiger partial charge is 0.303 e. The molecule has 0 aliphatic heterocycles. The number of aliphatic carboxylic acids is 1. The van der Waals surface area contributed by atoms with E-state index in [1.54, 1.807) is 31.3 Å². The Bertz CT molecular complexity index is 1050. The number of aromatic amines is 1. The fraction of sp³-hybridized carbons (Fsp3) is 0.435. The molecule has 1 aromatic carbocycles. The van der Waals surface area contributed by atoms with E-state index in [4.69, 9.17) is 5.11 Å². The number of hydrogen-bond acceptors (Lipinski definition) is 5. The van der Waals surface area contributed by atoms with Gasteiger partial charge >= 0.3 is 5.97 Å². The molecule has 32 heavy (non-hydrogen) atoms. The van der Waals surface area contributed by atoms with E-state index >= 15 is 0 Å². The number of carboxylic acid groups (broad SMARTS) is 1. The fourth-order valence-electron chi connectivity index (χ4n) is 3.54. The quantitative estimate of drug-likeness (QED) is 0.282. The van der Waals surface area contributed by atoms with Gasteiger partial charge in [0.15, 0.2) is 0 Å². The van der Waals surface area contributed by atoms with Crippen molar-refractivity contribution in [2.24, 2.45) is 15.9 Å². The molecule has 0 radical (unpaired) electrons. The van der Waals surface area contributed by atoms with E-state index in [-0.39, 0.29) is 18.0 Å². The zero-order valence-electron chi connectivity index (χ0n) is 18.6. The minimum Gasteiger partial charge on any atom is -0.481 e. The number of carbonyl (C=O) groups is 2. The minimum absolute atomic E-state index is 0.00457. The van der Waals surface area contributed by atoms with Gasteiger partial charge < -0.3 is 15.3 Å². The molecule has 1 fully saturated rings. The zero-order chi connectivity index (χ0) is 23.1. The summed E-state index contributed by atoms with van der Waals surface area (Å²) in [7, 11) is 1.71. The van der Waals surface area contributed by atoms with Crippen molar-refractivity contribution in [1.29, 1.82) is 0 Å². The first-order valence-corrected chi connectivity index (χ1v) is 10.9. The first-order chi connectivity index (χ1) is 15.4. The molecule has 0 saturated heterocycles. The third-order valence-corrected chi connectivity index (χ3v) is 5.37. The predicted molar refractivity (Wildman–Crippen MR) is 126 cm³/mol. The number of H-pyrrole nitrogens is 1. The lowest BCUT2D eigenvalue weighted by Crippen LogP contribution is -2.33. The Kier molecular flexibility index (Phi) is 7.75. The molecule has 1 aliphatic rings. The molecule has 0 unspecified atom stereocenters. The first-order valence-electron chi connectivity index (χ1n) is 10.9. The summed E-state index contributed by atoms with van der Waals surface area (Å²) in [5.74, 6) is 0.144. The Morgan fingerprint density at radius 1 is 1.41 bits per heavy atom. The number of carbonyl (C=O) groups excluding carboxylic acids is 1. The van der Waals surface area contributed by atoms with Crippen LogP contribution < -0.4 is 5.32 Å². The third-order valence-electron chi connectivity index (χ3n) is 5.37. The molecule has 9 nitrogen and oxygen atoms in total. The normalized spacial score (nSPS) is 14.4. The van der Waals surface area contributed by atoms with Crippen LogP contribution in [0.1, 0.15) is 38.3 Å². The number of carboxylic acids is 1. The summed E-state index contributed by atoms with van der Waals surface area (Å²) >= 11 is 0. The maximum atomic E-state index is 12.9. The number of fused-ring (bicyclic) bond motifs is 1. The summed E-state index contributed by atoms with van der Waals surface area (Å²) in [5, 5.41) is 19.6. The largest absolute Gasteiger partial charge is 0.481 e. The Hall–Kier alpha value is -3.49. The van der Waals surface area contributed by atoms with Gasteiger partial charge in [-0.05, 0) is 50.1 Å². The highest BCUT2D eigenvalue weighted by Gasteiger charge is 2.25. The lowest BCUT2D eigenvalue weighted by atomic mass is 10.1. The summed E-state index contributed by atoms with van der Waals surface area (Å²) in [4.78, 5) is 34.3. The van der Waals surface area contributed by atoms with E-state index in [1.165, 1.54) is 12.8 Å². The molecule has 170 valence electrons. The maximum absolute atomic E-state index is 12.9. The minimum atomic E-state index is -0.878. The summed E-state index contributed by atoms with van der Waals surface area (Å²) in [5.41, 5.74) is 2.16. The van der Waals surface area contributed by atoms with E-state index < -0.39 is 5.97 Å². The van der Waals surface area contributed by atoms with Crippen molar-refractivity contribution in [1.82, 2.24) is 15.1 Å². The van der Waals surface area contributed by atoms with Crippen LogP contribution in [0, 0.1) is 5.92 Å². The van der Waals surface area contributed by atoms with Crippen LogP contribution in [0.2, 0.25) is 0 Å². The second-order valence-corrected chi connectivity index (χ2v) is 7.94. The monoisotopic (exact) mass is 438 g/mol. The van der Waals surface area contributed by atoms with E-state index in [0.29, 0.717) is 29.2 Å². The number of aromatic nitrogens is 2. The van der Waals surface area contributed by atoms with E-state index in [9.17, 15) is 9.59 Å². The lowest BCUT2D eigenvalue weighted by molar-refractivity contribution is -0.137. The van der Waals surface area contributed by atoms with Gasteiger partial charge in [-0.25, -0.2) is 0 Å². The molecule has 2 aromatic rings. The summed E-state index contributed by atoms with van der Waals surface area (Å²) in [6.07, 6.45) is 5.45.